The molecule has 0 amide bonds. The molecule has 5 heteroatoms. The summed E-state index contributed by atoms with van der Waals surface area (Å²) < 4.78 is 16.2. The van der Waals surface area contributed by atoms with Crippen molar-refractivity contribution in [3.63, 3.8) is 0 Å². The Balaban J connectivity index is 1.72. The van der Waals surface area contributed by atoms with Crippen molar-refractivity contribution < 1.29 is 23.8 Å². The van der Waals surface area contributed by atoms with Crippen LogP contribution in [0.15, 0.2) is 0 Å². The van der Waals surface area contributed by atoms with Crippen LogP contribution in [0.4, 0.5) is 0 Å². The summed E-state index contributed by atoms with van der Waals surface area (Å²) in [4.78, 5) is 23.8. The SMILES string of the molecule is CCOC(=O)[C@H]1[C@@H]2[C@H]3[C@H](C(=O)OCC)[C@@]3(C)O[C@@]21C. The fourth-order valence-electron chi connectivity index (χ4n) is 4.13. The maximum atomic E-state index is 11.9. The van der Waals surface area contributed by atoms with Crippen LogP contribution in [0.25, 0.3) is 0 Å². The lowest BCUT2D eigenvalue weighted by molar-refractivity contribution is -0.150. The van der Waals surface area contributed by atoms with Gasteiger partial charge in [0.2, 0.25) is 0 Å². The molecule has 0 aromatic heterocycles. The minimum atomic E-state index is -0.436. The Morgan fingerprint density at radius 3 is 1.63 bits per heavy atom. The summed E-state index contributed by atoms with van der Waals surface area (Å²) in [6.07, 6.45) is 0. The Morgan fingerprint density at radius 2 is 1.32 bits per heavy atom. The van der Waals surface area contributed by atoms with Crippen LogP contribution in [0, 0.1) is 23.7 Å². The molecule has 3 aliphatic rings. The summed E-state index contributed by atoms with van der Waals surface area (Å²) in [6, 6.07) is 0. The van der Waals surface area contributed by atoms with Crippen LogP contribution >= 0.6 is 0 Å². The van der Waals surface area contributed by atoms with Gasteiger partial charge in [-0.15, -0.1) is 0 Å². The maximum absolute atomic E-state index is 11.9. The lowest BCUT2D eigenvalue weighted by Gasteiger charge is -2.18. The third-order valence-electron chi connectivity index (χ3n) is 4.97. The Labute approximate surface area is 112 Å². The van der Waals surface area contributed by atoms with Gasteiger partial charge in [-0.1, -0.05) is 0 Å². The van der Waals surface area contributed by atoms with E-state index in [1.54, 1.807) is 13.8 Å². The highest BCUT2D eigenvalue weighted by molar-refractivity contribution is 5.84. The van der Waals surface area contributed by atoms with Crippen molar-refractivity contribution in [2.75, 3.05) is 13.2 Å². The minimum Gasteiger partial charge on any atom is -0.466 e. The molecule has 0 aromatic carbocycles. The van der Waals surface area contributed by atoms with Crippen molar-refractivity contribution in [2.24, 2.45) is 23.7 Å². The summed E-state index contributed by atoms with van der Waals surface area (Å²) >= 11 is 0. The first-order valence-corrected chi connectivity index (χ1v) is 6.95. The number of hydrogen-bond donors (Lipinski definition) is 0. The van der Waals surface area contributed by atoms with Gasteiger partial charge in [0.25, 0.3) is 0 Å². The first-order valence-electron chi connectivity index (χ1n) is 6.95. The van der Waals surface area contributed by atoms with Crippen molar-refractivity contribution in [2.45, 2.75) is 38.9 Å². The van der Waals surface area contributed by atoms with E-state index in [0.717, 1.165) is 0 Å². The molecule has 0 spiro atoms. The quantitative estimate of drug-likeness (QED) is 0.716. The molecule has 0 unspecified atom stereocenters. The van der Waals surface area contributed by atoms with Crippen LogP contribution in [0.1, 0.15) is 27.7 Å². The van der Waals surface area contributed by atoms with E-state index in [0.29, 0.717) is 13.2 Å². The number of carbonyl (C=O) groups excluding carboxylic acids is 2. The molecule has 3 rings (SSSR count). The van der Waals surface area contributed by atoms with E-state index >= 15 is 0 Å². The van der Waals surface area contributed by atoms with E-state index in [4.69, 9.17) is 14.2 Å². The van der Waals surface area contributed by atoms with Crippen LogP contribution in [0.2, 0.25) is 0 Å². The monoisotopic (exact) mass is 268 g/mol. The fourth-order valence-corrected chi connectivity index (χ4v) is 4.13. The lowest BCUT2D eigenvalue weighted by Crippen LogP contribution is -2.27. The number of carbonyl (C=O) groups is 2. The van der Waals surface area contributed by atoms with Gasteiger partial charge in [-0.2, -0.15) is 0 Å². The molecule has 0 bridgehead atoms. The summed E-state index contributed by atoms with van der Waals surface area (Å²) in [7, 11) is 0. The van der Waals surface area contributed by atoms with Crippen LogP contribution in [0.3, 0.4) is 0 Å². The van der Waals surface area contributed by atoms with Gasteiger partial charge in [0.15, 0.2) is 0 Å². The number of rotatable bonds is 4. The molecule has 0 radical (unpaired) electrons. The number of fused-ring (bicyclic) bond motifs is 3. The van der Waals surface area contributed by atoms with E-state index in [2.05, 4.69) is 0 Å². The van der Waals surface area contributed by atoms with Gasteiger partial charge in [0.05, 0.1) is 36.3 Å². The summed E-state index contributed by atoms with van der Waals surface area (Å²) in [5.41, 5.74) is -0.872. The zero-order chi connectivity index (χ0) is 14.0. The van der Waals surface area contributed by atoms with E-state index in [9.17, 15) is 9.59 Å². The lowest BCUT2D eigenvalue weighted by atomic mass is 10.1. The maximum Gasteiger partial charge on any atom is 0.312 e. The van der Waals surface area contributed by atoms with Gasteiger partial charge >= 0.3 is 11.9 Å². The van der Waals surface area contributed by atoms with E-state index in [-0.39, 0.29) is 35.6 Å². The highest BCUT2D eigenvalue weighted by Crippen LogP contribution is 2.79. The highest BCUT2D eigenvalue weighted by Gasteiger charge is 2.90. The predicted molar refractivity (Wildman–Crippen MR) is 65.1 cm³/mol. The molecule has 106 valence electrons. The van der Waals surface area contributed by atoms with Gasteiger partial charge in [-0.25, -0.2) is 0 Å². The molecule has 2 aliphatic carbocycles. The molecule has 5 nitrogen and oxygen atoms in total. The number of hydrogen-bond acceptors (Lipinski definition) is 5. The van der Waals surface area contributed by atoms with Crippen molar-refractivity contribution in [1.82, 2.24) is 0 Å². The molecular formula is C14H20O5. The molecule has 1 saturated heterocycles. The average Bonchev–Trinajstić information content (AvgIpc) is 3.08. The molecule has 0 aromatic rings. The normalized spacial score (nSPS) is 49.1. The topological polar surface area (TPSA) is 61.8 Å². The highest BCUT2D eigenvalue weighted by atomic mass is 16.6. The Kier molecular flexibility index (Phi) is 2.53. The van der Waals surface area contributed by atoms with Crippen LogP contribution in [-0.2, 0) is 23.8 Å². The van der Waals surface area contributed by atoms with E-state index in [1.807, 2.05) is 13.8 Å². The Hall–Kier alpha value is -1.10. The molecule has 2 saturated carbocycles. The molecule has 3 fully saturated rings. The summed E-state index contributed by atoms with van der Waals surface area (Å²) in [5, 5.41) is 0. The zero-order valence-corrected chi connectivity index (χ0v) is 11.8. The molecule has 19 heavy (non-hydrogen) atoms. The average molecular weight is 268 g/mol. The second-order valence-electron chi connectivity index (χ2n) is 5.98. The van der Waals surface area contributed by atoms with Crippen LogP contribution in [-0.4, -0.2) is 36.4 Å². The van der Waals surface area contributed by atoms with Gasteiger partial charge in [0.1, 0.15) is 0 Å². The number of ether oxygens (including phenoxy) is 3. The predicted octanol–water partition coefficient (Wildman–Crippen LogP) is 1.15. The molecule has 0 N–H and O–H groups in total. The number of esters is 2. The smallest absolute Gasteiger partial charge is 0.312 e. The van der Waals surface area contributed by atoms with Gasteiger partial charge in [-0.3, -0.25) is 9.59 Å². The molecular weight excluding hydrogens is 248 g/mol. The third kappa shape index (κ3) is 1.45. The van der Waals surface area contributed by atoms with Crippen molar-refractivity contribution in [3.8, 4) is 0 Å². The van der Waals surface area contributed by atoms with E-state index in [1.165, 1.54) is 0 Å². The first-order chi connectivity index (χ1) is 8.91. The Morgan fingerprint density at radius 1 is 0.947 bits per heavy atom. The van der Waals surface area contributed by atoms with Crippen LogP contribution < -0.4 is 0 Å². The second kappa shape index (κ2) is 3.72. The molecule has 6 atom stereocenters. The van der Waals surface area contributed by atoms with Crippen molar-refractivity contribution in [3.05, 3.63) is 0 Å². The Bertz CT molecular complexity index is 407. The molecule has 1 aliphatic heterocycles. The largest absolute Gasteiger partial charge is 0.466 e. The van der Waals surface area contributed by atoms with Crippen molar-refractivity contribution >= 4 is 11.9 Å². The fraction of sp³-hybridized carbons (Fsp3) is 0.857. The molecule has 1 heterocycles. The van der Waals surface area contributed by atoms with Gasteiger partial charge in [-0.05, 0) is 27.7 Å². The first kappa shape index (κ1) is 12.9. The van der Waals surface area contributed by atoms with Crippen LogP contribution in [0.5, 0.6) is 0 Å². The van der Waals surface area contributed by atoms with Crippen molar-refractivity contribution in [1.29, 1.82) is 0 Å². The summed E-state index contributed by atoms with van der Waals surface area (Å²) in [6.45, 7) is 8.23. The summed E-state index contributed by atoms with van der Waals surface area (Å²) in [5.74, 6) is -0.634. The zero-order valence-electron chi connectivity index (χ0n) is 11.8. The minimum absolute atomic E-state index is 0.103. The van der Waals surface area contributed by atoms with Gasteiger partial charge in [0, 0.05) is 11.8 Å². The van der Waals surface area contributed by atoms with E-state index < -0.39 is 11.2 Å². The standard InChI is InChI=1S/C14H20O5/c1-5-17-11(15)9-7-8-10(12(16)18-6-2)14(8,4)19-13(7,9)3/h7-10H,5-6H2,1-4H3/t7-,8-,9+,10+,13-,14-/m0/s1. The second-order valence-corrected chi connectivity index (χ2v) is 5.98. The third-order valence-corrected chi connectivity index (χ3v) is 4.97. The van der Waals surface area contributed by atoms with Gasteiger partial charge < -0.3 is 14.2 Å².